The van der Waals surface area contributed by atoms with Gasteiger partial charge >= 0.3 is 0 Å². The molecule has 6 rings (SSSR count). The molecule has 2 heterocycles. The molecule has 4 nitrogen and oxygen atoms in total. The second-order valence-electron chi connectivity index (χ2n) is 8.44. The molecule has 0 N–H and O–H groups in total. The third kappa shape index (κ3) is 3.42. The lowest BCUT2D eigenvalue weighted by Crippen LogP contribution is -2.38. The van der Waals surface area contributed by atoms with E-state index in [1.807, 2.05) is 41.0 Å². The molecular weight excluding hydrogens is 447 g/mol. The molecular formula is C28H21FN2O2S. The summed E-state index contributed by atoms with van der Waals surface area (Å²) in [6, 6.07) is 22.2. The molecule has 1 aliphatic carbocycles. The standard InChI is InChI=1S/C28H21FN2O2S/c1-33-21-7-4-6-19(16-21)26-23-14-11-18-5-2-3-8-22(18)25(23)30-28-31(26)27(32)24(34-28)15-17-9-12-20(29)13-10-17/h2-10,12-13,15-16,26H,11,14H2,1H3. The van der Waals surface area contributed by atoms with Crippen LogP contribution in [0.25, 0.3) is 11.8 Å². The second-order valence-corrected chi connectivity index (χ2v) is 9.45. The van der Waals surface area contributed by atoms with Gasteiger partial charge in [0.25, 0.3) is 5.56 Å². The van der Waals surface area contributed by atoms with Gasteiger partial charge in [-0.2, -0.15) is 0 Å². The third-order valence-electron chi connectivity index (χ3n) is 6.45. The number of allylic oxidation sites excluding steroid dienone is 1. The Labute approximate surface area is 199 Å². The minimum Gasteiger partial charge on any atom is -0.497 e. The van der Waals surface area contributed by atoms with Gasteiger partial charge in [0.15, 0.2) is 4.80 Å². The van der Waals surface area contributed by atoms with Crippen molar-refractivity contribution in [2.24, 2.45) is 4.99 Å². The van der Waals surface area contributed by atoms with E-state index >= 15 is 0 Å². The van der Waals surface area contributed by atoms with Crippen LogP contribution in [-0.2, 0) is 6.42 Å². The summed E-state index contributed by atoms with van der Waals surface area (Å²) >= 11 is 1.37. The van der Waals surface area contributed by atoms with Crippen molar-refractivity contribution in [3.63, 3.8) is 0 Å². The van der Waals surface area contributed by atoms with Crippen LogP contribution >= 0.6 is 11.3 Å². The molecule has 1 aliphatic heterocycles. The van der Waals surface area contributed by atoms with E-state index in [1.54, 1.807) is 19.2 Å². The van der Waals surface area contributed by atoms with Crippen LogP contribution in [0.3, 0.4) is 0 Å². The van der Waals surface area contributed by atoms with Crippen molar-refractivity contribution in [2.45, 2.75) is 18.9 Å². The van der Waals surface area contributed by atoms with Crippen LogP contribution in [0.1, 0.15) is 34.7 Å². The van der Waals surface area contributed by atoms with Gasteiger partial charge in [-0.05, 0) is 65.4 Å². The molecule has 0 fully saturated rings. The topological polar surface area (TPSA) is 43.6 Å². The van der Waals surface area contributed by atoms with E-state index in [0.717, 1.165) is 46.6 Å². The molecule has 1 unspecified atom stereocenters. The summed E-state index contributed by atoms with van der Waals surface area (Å²) in [5.74, 6) is 0.448. The number of methoxy groups -OCH3 is 1. The molecule has 4 aromatic rings. The number of halogens is 1. The van der Waals surface area contributed by atoms with E-state index < -0.39 is 0 Å². The van der Waals surface area contributed by atoms with E-state index in [1.165, 1.54) is 29.0 Å². The number of rotatable bonds is 3. The van der Waals surface area contributed by atoms with Crippen molar-refractivity contribution in [1.29, 1.82) is 0 Å². The molecule has 0 radical (unpaired) electrons. The van der Waals surface area contributed by atoms with Gasteiger partial charge in [-0.25, -0.2) is 9.38 Å². The van der Waals surface area contributed by atoms with E-state index in [9.17, 15) is 9.18 Å². The highest BCUT2D eigenvalue weighted by atomic mass is 32.1. The molecule has 1 aromatic heterocycles. The zero-order chi connectivity index (χ0) is 23.2. The van der Waals surface area contributed by atoms with E-state index in [2.05, 4.69) is 18.2 Å². The van der Waals surface area contributed by atoms with Crippen LogP contribution in [0.15, 0.2) is 88.2 Å². The monoisotopic (exact) mass is 468 g/mol. The summed E-state index contributed by atoms with van der Waals surface area (Å²) in [5, 5.41) is 0. The quantitative estimate of drug-likeness (QED) is 0.446. The van der Waals surface area contributed by atoms with Crippen LogP contribution in [0.5, 0.6) is 5.75 Å². The van der Waals surface area contributed by atoms with E-state index in [4.69, 9.17) is 9.73 Å². The summed E-state index contributed by atoms with van der Waals surface area (Å²) in [5.41, 5.74) is 6.20. The van der Waals surface area contributed by atoms with Crippen LogP contribution in [0.4, 0.5) is 4.39 Å². The van der Waals surface area contributed by atoms with Crippen molar-refractivity contribution in [1.82, 2.24) is 4.57 Å². The number of ether oxygens (including phenoxy) is 1. The Balaban J connectivity index is 1.62. The van der Waals surface area contributed by atoms with Crippen molar-refractivity contribution in [2.75, 3.05) is 7.11 Å². The minimum atomic E-state index is -0.303. The zero-order valence-corrected chi connectivity index (χ0v) is 19.3. The lowest BCUT2D eigenvalue weighted by atomic mass is 9.83. The normalized spacial score (nSPS) is 17.0. The number of aromatic nitrogens is 1. The number of benzene rings is 3. The Bertz CT molecular complexity index is 1630. The van der Waals surface area contributed by atoms with Gasteiger partial charge in [0.1, 0.15) is 11.6 Å². The molecule has 0 amide bonds. The number of nitrogens with zero attached hydrogens (tertiary/aromatic N) is 2. The van der Waals surface area contributed by atoms with Crippen molar-refractivity contribution in [3.8, 4) is 5.75 Å². The molecule has 168 valence electrons. The van der Waals surface area contributed by atoms with Gasteiger partial charge in [0.05, 0.1) is 23.4 Å². The summed E-state index contributed by atoms with van der Waals surface area (Å²) in [4.78, 5) is 19.4. The van der Waals surface area contributed by atoms with Gasteiger partial charge in [-0.3, -0.25) is 9.36 Å². The Hall–Kier alpha value is -3.77. The molecule has 0 bridgehead atoms. The first-order valence-corrected chi connectivity index (χ1v) is 12.0. The van der Waals surface area contributed by atoms with Crippen molar-refractivity contribution < 1.29 is 9.13 Å². The maximum Gasteiger partial charge on any atom is 0.271 e. The smallest absolute Gasteiger partial charge is 0.271 e. The maximum absolute atomic E-state index is 13.7. The average molecular weight is 469 g/mol. The molecule has 0 saturated carbocycles. The number of aryl methyl sites for hydroxylation is 1. The van der Waals surface area contributed by atoms with Gasteiger partial charge in [-0.1, -0.05) is 59.9 Å². The van der Waals surface area contributed by atoms with E-state index in [-0.39, 0.29) is 17.4 Å². The lowest BCUT2D eigenvalue weighted by Gasteiger charge is -2.31. The highest BCUT2D eigenvalue weighted by Crippen LogP contribution is 2.41. The first-order valence-electron chi connectivity index (χ1n) is 11.1. The fourth-order valence-electron chi connectivity index (χ4n) is 4.84. The summed E-state index contributed by atoms with van der Waals surface area (Å²) in [7, 11) is 1.65. The maximum atomic E-state index is 13.7. The van der Waals surface area contributed by atoms with Crippen LogP contribution in [-0.4, -0.2) is 11.7 Å². The second kappa shape index (κ2) is 8.22. The highest BCUT2D eigenvalue weighted by molar-refractivity contribution is 7.07. The van der Waals surface area contributed by atoms with Crippen LogP contribution < -0.4 is 19.6 Å². The van der Waals surface area contributed by atoms with Crippen LogP contribution in [0, 0.1) is 5.82 Å². The minimum absolute atomic E-state index is 0.0914. The Morgan fingerprint density at radius 1 is 1.06 bits per heavy atom. The first-order chi connectivity index (χ1) is 16.6. The highest BCUT2D eigenvalue weighted by Gasteiger charge is 2.32. The van der Waals surface area contributed by atoms with Gasteiger partial charge in [0.2, 0.25) is 0 Å². The van der Waals surface area contributed by atoms with Gasteiger partial charge in [-0.15, -0.1) is 0 Å². The fraction of sp³-hybridized carbons (Fsp3) is 0.143. The summed E-state index contributed by atoms with van der Waals surface area (Å²) < 4.78 is 21.2. The largest absolute Gasteiger partial charge is 0.497 e. The number of fused-ring (bicyclic) bond motifs is 3. The Morgan fingerprint density at radius 2 is 1.88 bits per heavy atom. The predicted molar refractivity (Wildman–Crippen MR) is 132 cm³/mol. The predicted octanol–water partition coefficient (Wildman–Crippen LogP) is 4.47. The summed E-state index contributed by atoms with van der Waals surface area (Å²) in [6.45, 7) is 0. The molecule has 2 aliphatic rings. The zero-order valence-electron chi connectivity index (χ0n) is 18.5. The third-order valence-corrected chi connectivity index (χ3v) is 7.43. The van der Waals surface area contributed by atoms with Crippen LogP contribution in [0.2, 0.25) is 0 Å². The fourth-order valence-corrected chi connectivity index (χ4v) is 5.85. The number of thiazole rings is 1. The summed E-state index contributed by atoms with van der Waals surface area (Å²) in [6.07, 6.45) is 3.55. The Morgan fingerprint density at radius 3 is 2.71 bits per heavy atom. The molecule has 6 heteroatoms. The van der Waals surface area contributed by atoms with Gasteiger partial charge in [0, 0.05) is 5.56 Å². The Kier molecular flexibility index (Phi) is 5.03. The first kappa shape index (κ1) is 20.8. The average Bonchev–Trinajstić information content (AvgIpc) is 3.18. The molecule has 0 spiro atoms. The number of hydrogen-bond acceptors (Lipinski definition) is 4. The van der Waals surface area contributed by atoms with Gasteiger partial charge < -0.3 is 4.74 Å². The lowest BCUT2D eigenvalue weighted by molar-refractivity contribution is 0.413. The molecule has 0 saturated heterocycles. The van der Waals surface area contributed by atoms with Crippen molar-refractivity contribution in [3.05, 3.63) is 126 Å². The van der Waals surface area contributed by atoms with E-state index in [0.29, 0.717) is 9.33 Å². The number of hydrogen-bond donors (Lipinski definition) is 0. The SMILES string of the molecule is COc1cccc(C2C3=C(N=c4sc(=Cc5ccc(F)cc5)c(=O)n42)c2ccccc2CC3)c1. The molecule has 1 atom stereocenters. The molecule has 3 aromatic carbocycles. The van der Waals surface area contributed by atoms with Crippen molar-refractivity contribution >= 4 is 23.1 Å². The molecule has 34 heavy (non-hydrogen) atoms.